The van der Waals surface area contributed by atoms with Gasteiger partial charge in [-0.2, -0.15) is 0 Å². The van der Waals surface area contributed by atoms with Crippen LogP contribution in [0.3, 0.4) is 0 Å². The van der Waals surface area contributed by atoms with E-state index in [1.165, 1.54) is 12.1 Å². The van der Waals surface area contributed by atoms with Gasteiger partial charge in [0.15, 0.2) is 0 Å². The summed E-state index contributed by atoms with van der Waals surface area (Å²) in [4.78, 5) is 13.9. The molecule has 3 nitrogen and oxygen atoms in total. The Morgan fingerprint density at radius 2 is 2.18 bits per heavy atom. The highest BCUT2D eigenvalue weighted by molar-refractivity contribution is 9.09. The van der Waals surface area contributed by atoms with Gasteiger partial charge < -0.3 is 10.0 Å². The van der Waals surface area contributed by atoms with Crippen LogP contribution in [0.5, 0.6) is 5.75 Å². The maximum Gasteiger partial charge on any atom is 0.257 e. The SMILES string of the molecule is CC(C)N(CCBr)C(=O)c1cc(Cl)ccc1O. The second-order valence-electron chi connectivity index (χ2n) is 3.94. The lowest BCUT2D eigenvalue weighted by atomic mass is 10.1. The van der Waals surface area contributed by atoms with Gasteiger partial charge in [-0.25, -0.2) is 0 Å². The number of phenolic OH excluding ortho intramolecular Hbond substituents is 1. The second-order valence-corrected chi connectivity index (χ2v) is 5.17. The molecule has 1 aromatic carbocycles. The van der Waals surface area contributed by atoms with Gasteiger partial charge in [0.25, 0.3) is 5.91 Å². The summed E-state index contributed by atoms with van der Waals surface area (Å²) in [5, 5.41) is 10.8. The normalized spacial score (nSPS) is 10.6. The van der Waals surface area contributed by atoms with Crippen LogP contribution in [0.25, 0.3) is 0 Å². The van der Waals surface area contributed by atoms with E-state index in [0.717, 1.165) is 0 Å². The highest BCUT2D eigenvalue weighted by atomic mass is 79.9. The van der Waals surface area contributed by atoms with Crippen LogP contribution in [0.2, 0.25) is 5.02 Å². The first-order valence-electron chi connectivity index (χ1n) is 5.32. The van der Waals surface area contributed by atoms with Crippen molar-refractivity contribution in [2.45, 2.75) is 19.9 Å². The Balaban J connectivity index is 3.04. The van der Waals surface area contributed by atoms with Crippen LogP contribution in [-0.2, 0) is 0 Å². The predicted molar refractivity (Wildman–Crippen MR) is 73.1 cm³/mol. The molecule has 1 aromatic rings. The van der Waals surface area contributed by atoms with E-state index in [9.17, 15) is 9.90 Å². The van der Waals surface area contributed by atoms with Crippen molar-refractivity contribution in [2.75, 3.05) is 11.9 Å². The highest BCUT2D eigenvalue weighted by Crippen LogP contribution is 2.23. The zero-order chi connectivity index (χ0) is 13.0. The van der Waals surface area contributed by atoms with E-state index >= 15 is 0 Å². The molecular formula is C12H15BrClNO2. The number of nitrogens with zero attached hydrogens (tertiary/aromatic N) is 1. The average molecular weight is 321 g/mol. The third-order valence-corrected chi connectivity index (χ3v) is 2.99. The molecule has 0 spiro atoms. The van der Waals surface area contributed by atoms with Crippen molar-refractivity contribution in [1.82, 2.24) is 4.90 Å². The summed E-state index contributed by atoms with van der Waals surface area (Å²) in [5.41, 5.74) is 0.243. The molecule has 0 saturated heterocycles. The average Bonchev–Trinajstić information content (AvgIpc) is 2.28. The minimum absolute atomic E-state index is 0.0420. The number of amides is 1. The summed E-state index contributed by atoms with van der Waals surface area (Å²) in [7, 11) is 0. The van der Waals surface area contributed by atoms with Crippen molar-refractivity contribution < 1.29 is 9.90 Å². The Hall–Kier alpha value is -0.740. The molecule has 0 bridgehead atoms. The van der Waals surface area contributed by atoms with Crippen LogP contribution in [0.1, 0.15) is 24.2 Å². The number of rotatable bonds is 4. The van der Waals surface area contributed by atoms with Crippen molar-refractivity contribution in [3.63, 3.8) is 0 Å². The van der Waals surface area contributed by atoms with Gasteiger partial charge in [-0.3, -0.25) is 4.79 Å². The number of aromatic hydroxyl groups is 1. The van der Waals surface area contributed by atoms with Crippen molar-refractivity contribution in [3.8, 4) is 5.75 Å². The molecule has 0 fully saturated rings. The molecule has 0 atom stereocenters. The van der Waals surface area contributed by atoms with Gasteiger partial charge in [0, 0.05) is 22.9 Å². The van der Waals surface area contributed by atoms with Crippen molar-refractivity contribution in [1.29, 1.82) is 0 Å². The molecule has 17 heavy (non-hydrogen) atoms. The number of phenols is 1. The van der Waals surface area contributed by atoms with Gasteiger partial charge >= 0.3 is 0 Å². The molecule has 0 saturated carbocycles. The van der Waals surface area contributed by atoms with E-state index in [1.807, 2.05) is 13.8 Å². The summed E-state index contributed by atoms with van der Waals surface area (Å²) < 4.78 is 0. The standard InChI is InChI=1S/C12H15BrClNO2/c1-8(2)15(6-5-13)12(17)10-7-9(14)3-4-11(10)16/h3-4,7-8,16H,5-6H2,1-2H3. The number of alkyl halides is 1. The summed E-state index contributed by atoms with van der Waals surface area (Å²) >= 11 is 9.14. The smallest absolute Gasteiger partial charge is 0.257 e. The molecule has 0 aliphatic heterocycles. The fourth-order valence-corrected chi connectivity index (χ4v) is 2.07. The minimum atomic E-state index is -0.209. The number of hydrogen-bond donors (Lipinski definition) is 1. The molecule has 0 unspecified atom stereocenters. The lowest BCUT2D eigenvalue weighted by molar-refractivity contribution is 0.0716. The van der Waals surface area contributed by atoms with Gasteiger partial charge in [0.2, 0.25) is 0 Å². The fourth-order valence-electron chi connectivity index (χ4n) is 1.52. The van der Waals surface area contributed by atoms with E-state index in [0.29, 0.717) is 16.9 Å². The van der Waals surface area contributed by atoms with E-state index < -0.39 is 0 Å². The number of carbonyl (C=O) groups excluding carboxylic acids is 1. The van der Waals surface area contributed by atoms with Gasteiger partial charge in [0.1, 0.15) is 5.75 Å². The molecule has 0 aliphatic carbocycles. The molecule has 0 aromatic heterocycles. The van der Waals surface area contributed by atoms with E-state index in [1.54, 1.807) is 11.0 Å². The first-order chi connectivity index (χ1) is 7.97. The molecule has 1 rings (SSSR count). The summed E-state index contributed by atoms with van der Waals surface area (Å²) in [6.07, 6.45) is 0. The quantitative estimate of drug-likeness (QED) is 0.865. The van der Waals surface area contributed by atoms with Crippen LogP contribution in [0.4, 0.5) is 0 Å². The molecule has 0 aliphatic rings. The van der Waals surface area contributed by atoms with Crippen LogP contribution < -0.4 is 0 Å². The summed E-state index contributed by atoms with van der Waals surface area (Å²) in [6, 6.07) is 4.54. The first-order valence-corrected chi connectivity index (χ1v) is 6.82. The van der Waals surface area contributed by atoms with E-state index in [-0.39, 0.29) is 23.3 Å². The van der Waals surface area contributed by atoms with Crippen molar-refractivity contribution >= 4 is 33.4 Å². The zero-order valence-corrected chi connectivity index (χ0v) is 12.1. The first kappa shape index (κ1) is 14.3. The second kappa shape index (κ2) is 6.26. The molecular weight excluding hydrogens is 305 g/mol. The van der Waals surface area contributed by atoms with E-state index in [2.05, 4.69) is 15.9 Å². The van der Waals surface area contributed by atoms with Gasteiger partial charge in [-0.05, 0) is 32.0 Å². The Kier molecular flexibility index (Phi) is 5.28. The Morgan fingerprint density at radius 3 is 2.71 bits per heavy atom. The van der Waals surface area contributed by atoms with Gasteiger partial charge in [-0.15, -0.1) is 0 Å². The maximum atomic E-state index is 12.2. The topological polar surface area (TPSA) is 40.5 Å². The number of hydrogen-bond acceptors (Lipinski definition) is 2. The molecule has 94 valence electrons. The van der Waals surface area contributed by atoms with Crippen LogP contribution >= 0.6 is 27.5 Å². The monoisotopic (exact) mass is 319 g/mol. The Morgan fingerprint density at radius 1 is 1.53 bits per heavy atom. The van der Waals surface area contributed by atoms with Gasteiger partial charge in [0.05, 0.1) is 5.56 Å². The summed E-state index contributed by atoms with van der Waals surface area (Å²) in [5.74, 6) is -0.251. The van der Waals surface area contributed by atoms with Crippen molar-refractivity contribution in [3.05, 3.63) is 28.8 Å². The molecule has 0 heterocycles. The highest BCUT2D eigenvalue weighted by Gasteiger charge is 2.21. The zero-order valence-electron chi connectivity index (χ0n) is 9.78. The molecule has 1 N–H and O–H groups in total. The lowest BCUT2D eigenvalue weighted by Crippen LogP contribution is -2.38. The Bertz CT molecular complexity index is 409. The number of halogens is 2. The predicted octanol–water partition coefficient (Wildman–Crippen LogP) is 3.29. The van der Waals surface area contributed by atoms with E-state index in [4.69, 9.17) is 11.6 Å². The molecule has 5 heteroatoms. The largest absolute Gasteiger partial charge is 0.507 e. The third kappa shape index (κ3) is 3.61. The van der Waals surface area contributed by atoms with Crippen molar-refractivity contribution in [2.24, 2.45) is 0 Å². The number of carbonyl (C=O) groups is 1. The lowest BCUT2D eigenvalue weighted by Gasteiger charge is -2.26. The van der Waals surface area contributed by atoms with Crippen LogP contribution in [0.15, 0.2) is 18.2 Å². The maximum absolute atomic E-state index is 12.2. The minimum Gasteiger partial charge on any atom is -0.507 e. The Labute approximate surface area is 115 Å². The third-order valence-electron chi connectivity index (χ3n) is 2.40. The molecule has 1 amide bonds. The van der Waals surface area contributed by atoms with Crippen LogP contribution in [-0.4, -0.2) is 33.8 Å². The van der Waals surface area contributed by atoms with Gasteiger partial charge in [-0.1, -0.05) is 27.5 Å². The summed E-state index contributed by atoms with van der Waals surface area (Å²) in [6.45, 7) is 4.45. The van der Waals surface area contributed by atoms with Crippen LogP contribution in [0, 0.1) is 0 Å². The molecule has 0 radical (unpaired) electrons. The number of benzene rings is 1. The fraction of sp³-hybridized carbons (Fsp3) is 0.417.